The van der Waals surface area contributed by atoms with Crippen molar-refractivity contribution in [2.45, 2.75) is 40.5 Å². The first-order valence-corrected chi connectivity index (χ1v) is 7.11. The maximum Gasteiger partial charge on any atom is 0.140 e. The predicted molar refractivity (Wildman–Crippen MR) is 75.5 cm³/mol. The Kier molecular flexibility index (Phi) is 3.89. The molecule has 0 saturated carbocycles. The summed E-state index contributed by atoms with van der Waals surface area (Å²) in [5.74, 6) is 1.74. The molecule has 1 heteroatoms. The standard InChI is InChI=1S/C17H24O/c1-11(2)15-9-13-7-5-6-8-14(13)10-16(12(3)4)17(15)18/h5-8,11-12,15-16H,9-10H2,1-4H3. The van der Waals surface area contributed by atoms with Crippen LogP contribution in [0.1, 0.15) is 38.8 Å². The van der Waals surface area contributed by atoms with Gasteiger partial charge in [0.05, 0.1) is 0 Å². The van der Waals surface area contributed by atoms with Gasteiger partial charge in [-0.2, -0.15) is 0 Å². The Hall–Kier alpha value is -1.11. The molecule has 98 valence electrons. The van der Waals surface area contributed by atoms with E-state index < -0.39 is 0 Å². The van der Waals surface area contributed by atoms with E-state index in [1.165, 1.54) is 11.1 Å². The Bertz CT molecular complexity index is 392. The van der Waals surface area contributed by atoms with Crippen LogP contribution in [0.25, 0.3) is 0 Å². The summed E-state index contributed by atoms with van der Waals surface area (Å²) in [4.78, 5) is 12.7. The molecule has 0 aromatic heterocycles. The average molecular weight is 244 g/mol. The van der Waals surface area contributed by atoms with E-state index in [2.05, 4.69) is 52.0 Å². The summed E-state index contributed by atoms with van der Waals surface area (Å²) in [5, 5.41) is 0. The van der Waals surface area contributed by atoms with Crippen LogP contribution in [0, 0.1) is 23.7 Å². The van der Waals surface area contributed by atoms with Crippen molar-refractivity contribution in [1.82, 2.24) is 0 Å². The largest absolute Gasteiger partial charge is 0.299 e. The van der Waals surface area contributed by atoms with Crippen LogP contribution in [0.4, 0.5) is 0 Å². The Morgan fingerprint density at radius 2 is 1.28 bits per heavy atom. The van der Waals surface area contributed by atoms with Gasteiger partial charge in [0.15, 0.2) is 0 Å². The molecule has 0 bridgehead atoms. The molecule has 1 aromatic rings. The molecule has 1 aliphatic rings. The number of fused-ring (bicyclic) bond motifs is 1. The van der Waals surface area contributed by atoms with Crippen molar-refractivity contribution >= 4 is 5.78 Å². The minimum Gasteiger partial charge on any atom is -0.299 e. The van der Waals surface area contributed by atoms with Gasteiger partial charge in [-0.25, -0.2) is 0 Å². The lowest BCUT2D eigenvalue weighted by molar-refractivity contribution is -0.129. The van der Waals surface area contributed by atoms with E-state index in [1.807, 2.05) is 0 Å². The summed E-state index contributed by atoms with van der Waals surface area (Å²) in [7, 11) is 0. The smallest absolute Gasteiger partial charge is 0.140 e. The molecule has 0 saturated heterocycles. The van der Waals surface area contributed by atoms with Crippen LogP contribution in [-0.4, -0.2) is 5.78 Å². The third-order valence-electron chi connectivity index (χ3n) is 4.34. The summed E-state index contributed by atoms with van der Waals surface area (Å²) >= 11 is 0. The second-order valence-corrected chi connectivity index (χ2v) is 6.28. The highest BCUT2D eigenvalue weighted by Gasteiger charge is 2.34. The summed E-state index contributed by atoms with van der Waals surface area (Å²) in [6.45, 7) is 8.70. The third-order valence-corrected chi connectivity index (χ3v) is 4.34. The molecule has 1 aliphatic carbocycles. The summed E-state index contributed by atoms with van der Waals surface area (Å²) in [6, 6.07) is 8.58. The van der Waals surface area contributed by atoms with Gasteiger partial charge in [0.1, 0.15) is 5.78 Å². The topological polar surface area (TPSA) is 17.1 Å². The van der Waals surface area contributed by atoms with Gasteiger partial charge in [0.25, 0.3) is 0 Å². The second-order valence-electron chi connectivity index (χ2n) is 6.28. The van der Waals surface area contributed by atoms with E-state index in [4.69, 9.17) is 0 Å². The number of carbonyl (C=O) groups excluding carboxylic acids is 1. The van der Waals surface area contributed by atoms with Crippen LogP contribution >= 0.6 is 0 Å². The van der Waals surface area contributed by atoms with Crippen LogP contribution in [0.15, 0.2) is 24.3 Å². The molecular weight excluding hydrogens is 220 g/mol. The zero-order valence-corrected chi connectivity index (χ0v) is 11.9. The zero-order chi connectivity index (χ0) is 13.3. The molecule has 2 rings (SSSR count). The van der Waals surface area contributed by atoms with E-state index in [0.29, 0.717) is 17.6 Å². The number of benzene rings is 1. The summed E-state index contributed by atoms with van der Waals surface area (Å²) in [6.07, 6.45) is 1.85. The van der Waals surface area contributed by atoms with Crippen molar-refractivity contribution in [3.05, 3.63) is 35.4 Å². The minimum atomic E-state index is 0.195. The summed E-state index contributed by atoms with van der Waals surface area (Å²) < 4.78 is 0. The average Bonchev–Trinajstić information content (AvgIpc) is 2.46. The minimum absolute atomic E-state index is 0.195. The van der Waals surface area contributed by atoms with Gasteiger partial charge >= 0.3 is 0 Å². The number of rotatable bonds is 2. The Morgan fingerprint density at radius 3 is 1.61 bits per heavy atom. The molecule has 0 N–H and O–H groups in total. The maximum atomic E-state index is 12.7. The number of hydrogen-bond acceptors (Lipinski definition) is 1. The molecule has 2 unspecified atom stereocenters. The molecule has 1 nitrogen and oxygen atoms in total. The zero-order valence-electron chi connectivity index (χ0n) is 11.9. The normalized spacial score (nSPS) is 24.2. The van der Waals surface area contributed by atoms with Crippen molar-refractivity contribution in [1.29, 1.82) is 0 Å². The van der Waals surface area contributed by atoms with Gasteiger partial charge in [0, 0.05) is 11.8 Å². The molecule has 18 heavy (non-hydrogen) atoms. The lowest BCUT2D eigenvalue weighted by atomic mass is 9.79. The molecule has 0 aliphatic heterocycles. The number of ketones is 1. The molecule has 0 spiro atoms. The van der Waals surface area contributed by atoms with E-state index in [9.17, 15) is 4.79 Å². The monoisotopic (exact) mass is 244 g/mol. The third kappa shape index (κ3) is 2.50. The van der Waals surface area contributed by atoms with Crippen molar-refractivity contribution in [2.75, 3.05) is 0 Å². The highest BCUT2D eigenvalue weighted by atomic mass is 16.1. The Labute approximate surface area is 111 Å². The molecule has 0 amide bonds. The number of carbonyl (C=O) groups is 1. The maximum absolute atomic E-state index is 12.7. The molecule has 2 atom stereocenters. The summed E-state index contributed by atoms with van der Waals surface area (Å²) in [5.41, 5.74) is 2.76. The molecule has 0 fully saturated rings. The van der Waals surface area contributed by atoms with Gasteiger partial charge in [-0.3, -0.25) is 4.79 Å². The van der Waals surface area contributed by atoms with Gasteiger partial charge in [0.2, 0.25) is 0 Å². The van der Waals surface area contributed by atoms with E-state index in [-0.39, 0.29) is 11.8 Å². The van der Waals surface area contributed by atoms with Crippen LogP contribution in [0.3, 0.4) is 0 Å². The van der Waals surface area contributed by atoms with Gasteiger partial charge in [-0.15, -0.1) is 0 Å². The molecular formula is C17H24O. The van der Waals surface area contributed by atoms with Crippen molar-refractivity contribution < 1.29 is 4.79 Å². The van der Waals surface area contributed by atoms with Crippen LogP contribution in [-0.2, 0) is 17.6 Å². The van der Waals surface area contributed by atoms with Crippen LogP contribution < -0.4 is 0 Å². The van der Waals surface area contributed by atoms with Gasteiger partial charge in [-0.1, -0.05) is 52.0 Å². The fraction of sp³-hybridized carbons (Fsp3) is 0.588. The second kappa shape index (κ2) is 5.26. The van der Waals surface area contributed by atoms with Crippen LogP contribution in [0.2, 0.25) is 0 Å². The SMILES string of the molecule is CC(C)C1Cc2ccccc2CC(C(C)C)C1=O. The number of hydrogen-bond donors (Lipinski definition) is 0. The van der Waals surface area contributed by atoms with Crippen molar-refractivity contribution in [3.63, 3.8) is 0 Å². The fourth-order valence-electron chi connectivity index (χ4n) is 3.03. The first-order chi connectivity index (χ1) is 8.50. The molecule has 1 aromatic carbocycles. The quantitative estimate of drug-likeness (QED) is 0.721. The first-order valence-electron chi connectivity index (χ1n) is 7.11. The highest BCUT2D eigenvalue weighted by molar-refractivity contribution is 5.85. The predicted octanol–water partition coefficient (Wildman–Crippen LogP) is 3.90. The van der Waals surface area contributed by atoms with E-state index >= 15 is 0 Å². The van der Waals surface area contributed by atoms with Gasteiger partial charge in [-0.05, 0) is 35.8 Å². The Morgan fingerprint density at radius 1 is 0.889 bits per heavy atom. The lowest BCUT2D eigenvalue weighted by Gasteiger charge is -2.24. The first kappa shape index (κ1) is 13.3. The van der Waals surface area contributed by atoms with Gasteiger partial charge < -0.3 is 0 Å². The fourth-order valence-corrected chi connectivity index (χ4v) is 3.03. The Balaban J connectivity index is 2.41. The van der Waals surface area contributed by atoms with E-state index in [0.717, 1.165) is 12.8 Å². The van der Waals surface area contributed by atoms with Crippen LogP contribution in [0.5, 0.6) is 0 Å². The van der Waals surface area contributed by atoms with E-state index in [1.54, 1.807) is 0 Å². The molecule has 0 heterocycles. The lowest BCUT2D eigenvalue weighted by Crippen LogP contribution is -2.31. The number of Topliss-reactive ketones (excluding diaryl/α,β-unsaturated/α-hetero) is 1. The molecule has 0 radical (unpaired) electrons. The van der Waals surface area contributed by atoms with Crippen molar-refractivity contribution in [2.24, 2.45) is 23.7 Å². The van der Waals surface area contributed by atoms with Crippen molar-refractivity contribution in [3.8, 4) is 0 Å². The highest BCUT2D eigenvalue weighted by Crippen LogP contribution is 2.32.